The molecule has 0 radical (unpaired) electrons. The van der Waals surface area contributed by atoms with Crippen LogP contribution in [0, 0.1) is 13.8 Å². The molecule has 0 aliphatic heterocycles. The van der Waals surface area contributed by atoms with E-state index >= 15 is 0 Å². The maximum Gasteiger partial charge on any atom is 0.0969 e. The maximum absolute atomic E-state index is 9.78. The van der Waals surface area contributed by atoms with E-state index in [-0.39, 0.29) is 0 Å². The Bertz CT molecular complexity index is 355. The van der Waals surface area contributed by atoms with Gasteiger partial charge in [0.2, 0.25) is 0 Å². The van der Waals surface area contributed by atoms with Crippen molar-refractivity contribution >= 4 is 15.9 Å². The average molecular weight is 307 g/mol. The number of aliphatic hydroxyl groups is 1. The van der Waals surface area contributed by atoms with Crippen molar-refractivity contribution < 1.29 is 14.6 Å². The molecule has 0 fully saturated rings. The van der Waals surface area contributed by atoms with Crippen molar-refractivity contribution in [3.8, 4) is 0 Å². The van der Waals surface area contributed by atoms with Crippen LogP contribution in [-0.4, -0.2) is 47.9 Å². The minimum Gasteiger partial charge on any atom is -0.389 e. The van der Waals surface area contributed by atoms with Crippen molar-refractivity contribution in [2.75, 3.05) is 26.9 Å². The zero-order valence-electron chi connectivity index (χ0n) is 10.4. The molecule has 0 amide bonds. The lowest BCUT2D eigenvalue weighted by molar-refractivity contribution is 0.00573. The van der Waals surface area contributed by atoms with Crippen LogP contribution in [0.3, 0.4) is 0 Å². The molecule has 1 heterocycles. The van der Waals surface area contributed by atoms with Gasteiger partial charge >= 0.3 is 0 Å². The van der Waals surface area contributed by atoms with Crippen LogP contribution in [0.15, 0.2) is 4.47 Å². The van der Waals surface area contributed by atoms with Gasteiger partial charge in [-0.3, -0.25) is 4.68 Å². The third kappa shape index (κ3) is 4.39. The summed E-state index contributed by atoms with van der Waals surface area (Å²) in [5.41, 5.74) is 1.94. The molecule has 1 rings (SSSR count). The molecule has 1 unspecified atom stereocenters. The quantitative estimate of drug-likeness (QED) is 0.771. The lowest BCUT2D eigenvalue weighted by Gasteiger charge is -2.12. The number of methoxy groups -OCH3 is 1. The molecule has 1 N–H and O–H groups in total. The molecule has 0 saturated carbocycles. The first-order chi connectivity index (χ1) is 8.06. The van der Waals surface area contributed by atoms with Crippen molar-refractivity contribution in [2.45, 2.75) is 26.5 Å². The minimum atomic E-state index is -0.559. The van der Waals surface area contributed by atoms with Gasteiger partial charge in [-0.15, -0.1) is 0 Å². The molecule has 1 atom stereocenters. The Morgan fingerprint density at radius 2 is 2.12 bits per heavy atom. The second-order valence-electron chi connectivity index (χ2n) is 3.89. The van der Waals surface area contributed by atoms with E-state index in [1.807, 2.05) is 13.8 Å². The summed E-state index contributed by atoms with van der Waals surface area (Å²) in [5, 5.41) is 14.1. The lowest BCUT2D eigenvalue weighted by Crippen LogP contribution is -2.24. The molecular formula is C11H19BrN2O3. The van der Waals surface area contributed by atoms with E-state index in [2.05, 4.69) is 21.0 Å². The topological polar surface area (TPSA) is 56.5 Å². The second-order valence-corrected chi connectivity index (χ2v) is 4.68. The molecule has 0 aliphatic carbocycles. The first kappa shape index (κ1) is 14.6. The first-order valence-electron chi connectivity index (χ1n) is 5.50. The summed E-state index contributed by atoms with van der Waals surface area (Å²) in [7, 11) is 1.62. The Balaban J connectivity index is 2.39. The van der Waals surface area contributed by atoms with Crippen molar-refractivity contribution in [3.05, 3.63) is 15.9 Å². The largest absolute Gasteiger partial charge is 0.389 e. The highest BCUT2D eigenvalue weighted by atomic mass is 79.9. The van der Waals surface area contributed by atoms with Gasteiger partial charge in [0.15, 0.2) is 0 Å². The number of hydrogen-bond acceptors (Lipinski definition) is 4. The zero-order chi connectivity index (χ0) is 12.8. The van der Waals surface area contributed by atoms with Crippen molar-refractivity contribution in [2.24, 2.45) is 0 Å². The third-order valence-electron chi connectivity index (χ3n) is 2.42. The standard InChI is InChI=1S/C11H19BrN2O3/c1-8-11(12)9(2)14(13-8)6-10(15)7-17-5-4-16-3/h10,15H,4-7H2,1-3H3. The Morgan fingerprint density at radius 3 is 2.65 bits per heavy atom. The molecular weight excluding hydrogens is 288 g/mol. The van der Waals surface area contributed by atoms with Crippen molar-refractivity contribution in [1.29, 1.82) is 0 Å². The first-order valence-corrected chi connectivity index (χ1v) is 6.29. The number of nitrogens with zero attached hydrogens (tertiary/aromatic N) is 2. The van der Waals surface area contributed by atoms with Crippen LogP contribution in [0.5, 0.6) is 0 Å². The predicted molar refractivity (Wildman–Crippen MR) is 68.1 cm³/mol. The van der Waals surface area contributed by atoms with Gasteiger partial charge in [-0.25, -0.2) is 0 Å². The summed E-state index contributed by atoms with van der Waals surface area (Å²) in [6.45, 7) is 5.65. The fourth-order valence-electron chi connectivity index (χ4n) is 1.47. The smallest absolute Gasteiger partial charge is 0.0969 e. The van der Waals surface area contributed by atoms with Crippen molar-refractivity contribution in [3.63, 3.8) is 0 Å². The number of aliphatic hydroxyl groups excluding tert-OH is 1. The molecule has 0 aromatic carbocycles. The highest BCUT2D eigenvalue weighted by Crippen LogP contribution is 2.19. The molecule has 17 heavy (non-hydrogen) atoms. The van der Waals surface area contributed by atoms with E-state index in [4.69, 9.17) is 9.47 Å². The SMILES string of the molecule is COCCOCC(O)Cn1nc(C)c(Br)c1C. The Morgan fingerprint density at radius 1 is 1.41 bits per heavy atom. The summed E-state index contributed by atoms with van der Waals surface area (Å²) in [6.07, 6.45) is -0.559. The molecule has 98 valence electrons. The average Bonchev–Trinajstić information content (AvgIpc) is 2.53. The van der Waals surface area contributed by atoms with Gasteiger partial charge in [0, 0.05) is 12.8 Å². The van der Waals surface area contributed by atoms with Crippen LogP contribution in [-0.2, 0) is 16.0 Å². The Kier molecular flexibility index (Phi) is 6.11. The number of halogens is 1. The summed E-state index contributed by atoms with van der Waals surface area (Å²) >= 11 is 3.45. The predicted octanol–water partition coefficient (Wildman–Crippen LogP) is 1.29. The van der Waals surface area contributed by atoms with Gasteiger partial charge in [0.05, 0.1) is 42.6 Å². The highest BCUT2D eigenvalue weighted by Gasteiger charge is 2.12. The van der Waals surface area contributed by atoms with Crippen LogP contribution in [0.2, 0.25) is 0 Å². The van der Waals surface area contributed by atoms with Crippen LogP contribution >= 0.6 is 15.9 Å². The number of hydrogen-bond donors (Lipinski definition) is 1. The van der Waals surface area contributed by atoms with Crippen LogP contribution in [0.1, 0.15) is 11.4 Å². The molecule has 0 saturated heterocycles. The fourth-order valence-corrected chi connectivity index (χ4v) is 1.75. The maximum atomic E-state index is 9.78. The van der Waals surface area contributed by atoms with Gasteiger partial charge in [-0.2, -0.15) is 5.10 Å². The summed E-state index contributed by atoms with van der Waals surface area (Å²) in [5.74, 6) is 0. The lowest BCUT2D eigenvalue weighted by atomic mass is 10.3. The van der Waals surface area contributed by atoms with Gasteiger partial charge in [0.25, 0.3) is 0 Å². The van der Waals surface area contributed by atoms with Crippen LogP contribution < -0.4 is 0 Å². The van der Waals surface area contributed by atoms with E-state index in [1.54, 1.807) is 11.8 Å². The normalized spacial score (nSPS) is 13.0. The molecule has 0 bridgehead atoms. The van der Waals surface area contributed by atoms with E-state index < -0.39 is 6.10 Å². The van der Waals surface area contributed by atoms with E-state index in [0.717, 1.165) is 15.9 Å². The third-order valence-corrected chi connectivity index (χ3v) is 3.57. The molecule has 6 heteroatoms. The van der Waals surface area contributed by atoms with Crippen LogP contribution in [0.4, 0.5) is 0 Å². The minimum absolute atomic E-state index is 0.291. The summed E-state index contributed by atoms with van der Waals surface area (Å²) in [4.78, 5) is 0. The second kappa shape index (κ2) is 7.10. The zero-order valence-corrected chi connectivity index (χ0v) is 12.0. The van der Waals surface area contributed by atoms with Gasteiger partial charge in [-0.1, -0.05) is 0 Å². The van der Waals surface area contributed by atoms with Gasteiger partial charge < -0.3 is 14.6 Å². The van der Waals surface area contributed by atoms with E-state index in [9.17, 15) is 5.11 Å². The Hall–Kier alpha value is -0.430. The number of rotatable bonds is 7. The summed E-state index contributed by atoms with van der Waals surface area (Å²) < 4.78 is 12.9. The monoisotopic (exact) mass is 306 g/mol. The van der Waals surface area contributed by atoms with E-state index in [0.29, 0.717) is 26.4 Å². The molecule has 5 nitrogen and oxygen atoms in total. The molecule has 0 spiro atoms. The molecule has 1 aromatic heterocycles. The van der Waals surface area contributed by atoms with Gasteiger partial charge in [0.1, 0.15) is 0 Å². The number of aryl methyl sites for hydroxylation is 1. The highest BCUT2D eigenvalue weighted by molar-refractivity contribution is 9.10. The summed E-state index contributed by atoms with van der Waals surface area (Å²) in [6, 6.07) is 0. The number of aromatic nitrogens is 2. The van der Waals surface area contributed by atoms with E-state index in [1.165, 1.54) is 0 Å². The Labute approximate surface area is 110 Å². The van der Waals surface area contributed by atoms with Crippen LogP contribution in [0.25, 0.3) is 0 Å². The number of ether oxygens (including phenoxy) is 2. The fraction of sp³-hybridized carbons (Fsp3) is 0.727. The van der Waals surface area contributed by atoms with Gasteiger partial charge in [-0.05, 0) is 29.8 Å². The molecule has 1 aromatic rings. The molecule has 0 aliphatic rings. The van der Waals surface area contributed by atoms with Crippen molar-refractivity contribution in [1.82, 2.24) is 9.78 Å².